The summed E-state index contributed by atoms with van der Waals surface area (Å²) in [5.41, 5.74) is 3.62. The monoisotopic (exact) mass is 252 g/mol. The third-order valence-corrected chi connectivity index (χ3v) is 3.51. The predicted molar refractivity (Wildman–Crippen MR) is 78.9 cm³/mol. The molecule has 0 amide bonds. The number of hydrogen-bond acceptors (Lipinski definition) is 0. The highest BCUT2D eigenvalue weighted by Crippen LogP contribution is 2.28. The molecule has 0 saturated heterocycles. The molecule has 0 fully saturated rings. The van der Waals surface area contributed by atoms with Crippen LogP contribution in [0.3, 0.4) is 0 Å². The van der Waals surface area contributed by atoms with Gasteiger partial charge in [-0.3, -0.25) is 0 Å². The first-order valence-electron chi connectivity index (χ1n) is 6.01. The predicted octanol–water partition coefficient (Wildman–Crippen LogP) is 5.25. The lowest BCUT2D eigenvalue weighted by atomic mass is 9.98. The molecule has 0 aromatic heterocycles. The fourth-order valence-electron chi connectivity index (χ4n) is 2.28. The maximum Gasteiger partial charge on any atom is 0.0480 e. The van der Waals surface area contributed by atoms with Gasteiger partial charge in [0, 0.05) is 5.88 Å². The Morgan fingerprint density at radius 1 is 0.722 bits per heavy atom. The number of benzene rings is 3. The van der Waals surface area contributed by atoms with Crippen molar-refractivity contribution in [1.82, 2.24) is 0 Å². The van der Waals surface area contributed by atoms with Crippen LogP contribution >= 0.6 is 11.6 Å². The van der Waals surface area contributed by atoms with Gasteiger partial charge in [0.05, 0.1) is 0 Å². The lowest BCUT2D eigenvalue weighted by Gasteiger charge is -2.08. The topological polar surface area (TPSA) is 0 Å². The summed E-state index contributed by atoms with van der Waals surface area (Å²) in [7, 11) is 0. The highest BCUT2D eigenvalue weighted by atomic mass is 35.5. The first-order chi connectivity index (χ1) is 8.88. The molecule has 0 unspecified atom stereocenters. The molecule has 0 radical (unpaired) electrons. The van der Waals surface area contributed by atoms with Gasteiger partial charge in [-0.15, -0.1) is 11.6 Å². The Kier molecular flexibility index (Phi) is 3.04. The molecule has 3 aromatic rings. The van der Waals surface area contributed by atoms with Gasteiger partial charge in [-0.2, -0.15) is 0 Å². The molecule has 0 heterocycles. The van der Waals surface area contributed by atoms with Crippen LogP contribution in [0, 0.1) is 0 Å². The van der Waals surface area contributed by atoms with Crippen LogP contribution < -0.4 is 0 Å². The van der Waals surface area contributed by atoms with E-state index < -0.39 is 0 Å². The van der Waals surface area contributed by atoms with Crippen molar-refractivity contribution in [1.29, 1.82) is 0 Å². The number of alkyl halides is 1. The van der Waals surface area contributed by atoms with Gasteiger partial charge in [0.2, 0.25) is 0 Å². The average molecular weight is 253 g/mol. The van der Waals surface area contributed by atoms with Gasteiger partial charge >= 0.3 is 0 Å². The Labute approximate surface area is 112 Å². The van der Waals surface area contributed by atoms with Crippen LogP contribution in [0.15, 0.2) is 66.7 Å². The average Bonchev–Trinajstić information content (AvgIpc) is 2.46. The van der Waals surface area contributed by atoms with E-state index in [4.69, 9.17) is 11.6 Å². The van der Waals surface area contributed by atoms with E-state index in [9.17, 15) is 0 Å². The Hall–Kier alpha value is -1.79. The largest absolute Gasteiger partial charge is 0.122 e. The molecule has 0 nitrogen and oxygen atoms in total. The van der Waals surface area contributed by atoms with Crippen molar-refractivity contribution < 1.29 is 0 Å². The number of halogens is 1. The van der Waals surface area contributed by atoms with Crippen LogP contribution in [-0.2, 0) is 5.88 Å². The maximum absolute atomic E-state index is 6.00. The summed E-state index contributed by atoms with van der Waals surface area (Å²) in [6.45, 7) is 0. The van der Waals surface area contributed by atoms with Crippen LogP contribution in [0.4, 0.5) is 0 Å². The first kappa shape index (κ1) is 11.3. The van der Waals surface area contributed by atoms with Crippen molar-refractivity contribution >= 4 is 22.4 Å². The third kappa shape index (κ3) is 2.00. The van der Waals surface area contributed by atoms with E-state index in [1.807, 2.05) is 6.07 Å². The molecule has 0 aliphatic rings. The lowest BCUT2D eigenvalue weighted by molar-refractivity contribution is 1.40. The van der Waals surface area contributed by atoms with Crippen LogP contribution in [0.5, 0.6) is 0 Å². The van der Waals surface area contributed by atoms with Gasteiger partial charge in [-0.1, -0.05) is 60.7 Å². The molecule has 0 aliphatic carbocycles. The Morgan fingerprint density at radius 3 is 2.28 bits per heavy atom. The van der Waals surface area contributed by atoms with Gasteiger partial charge in [0.1, 0.15) is 0 Å². The van der Waals surface area contributed by atoms with Crippen molar-refractivity contribution in [3.8, 4) is 11.1 Å². The molecular formula is C17H13Cl. The van der Waals surface area contributed by atoms with Crippen LogP contribution in [-0.4, -0.2) is 0 Å². The van der Waals surface area contributed by atoms with Gasteiger partial charge in [0.25, 0.3) is 0 Å². The van der Waals surface area contributed by atoms with Crippen molar-refractivity contribution in [3.63, 3.8) is 0 Å². The van der Waals surface area contributed by atoms with E-state index in [0.29, 0.717) is 5.88 Å². The minimum Gasteiger partial charge on any atom is -0.122 e. The second-order valence-electron chi connectivity index (χ2n) is 4.35. The minimum absolute atomic E-state index is 0.545. The minimum atomic E-state index is 0.545. The van der Waals surface area contributed by atoms with Crippen molar-refractivity contribution in [2.24, 2.45) is 0 Å². The van der Waals surface area contributed by atoms with Gasteiger partial charge < -0.3 is 0 Å². The quantitative estimate of drug-likeness (QED) is 0.547. The molecule has 1 heteroatoms. The summed E-state index contributed by atoms with van der Waals surface area (Å²) in [5, 5.41) is 2.53. The Bertz CT molecular complexity index is 686. The zero-order chi connectivity index (χ0) is 12.4. The molecule has 0 aliphatic heterocycles. The van der Waals surface area contributed by atoms with E-state index in [0.717, 1.165) is 0 Å². The molecule has 3 rings (SSSR count). The Balaban J connectivity index is 2.19. The summed E-state index contributed by atoms with van der Waals surface area (Å²) < 4.78 is 0. The molecule has 3 aromatic carbocycles. The molecule has 18 heavy (non-hydrogen) atoms. The molecule has 88 valence electrons. The molecule has 0 bridgehead atoms. The fourth-order valence-corrected chi connectivity index (χ4v) is 2.51. The van der Waals surface area contributed by atoms with Gasteiger partial charge in [-0.25, -0.2) is 0 Å². The highest BCUT2D eigenvalue weighted by molar-refractivity contribution is 6.17. The van der Waals surface area contributed by atoms with E-state index in [1.54, 1.807) is 0 Å². The van der Waals surface area contributed by atoms with E-state index in [2.05, 4.69) is 60.7 Å². The zero-order valence-corrected chi connectivity index (χ0v) is 10.7. The second kappa shape index (κ2) is 4.83. The lowest BCUT2D eigenvalue weighted by Crippen LogP contribution is -1.85. The van der Waals surface area contributed by atoms with Crippen molar-refractivity contribution in [2.75, 3.05) is 0 Å². The molecule has 0 atom stereocenters. The summed E-state index contributed by atoms with van der Waals surface area (Å²) in [4.78, 5) is 0. The maximum atomic E-state index is 6.00. The molecule has 0 spiro atoms. The second-order valence-corrected chi connectivity index (χ2v) is 4.62. The number of hydrogen-bond donors (Lipinski definition) is 0. The highest BCUT2D eigenvalue weighted by Gasteiger charge is 2.04. The summed E-state index contributed by atoms with van der Waals surface area (Å²) in [5.74, 6) is 0.545. The summed E-state index contributed by atoms with van der Waals surface area (Å²) in [6.07, 6.45) is 0. The molecule has 0 saturated carbocycles. The third-order valence-electron chi connectivity index (χ3n) is 3.22. The smallest absolute Gasteiger partial charge is 0.0480 e. The van der Waals surface area contributed by atoms with Crippen molar-refractivity contribution in [2.45, 2.75) is 5.88 Å². The molecule has 0 N–H and O–H groups in total. The van der Waals surface area contributed by atoms with Crippen LogP contribution in [0.2, 0.25) is 0 Å². The number of rotatable bonds is 2. The normalized spacial score (nSPS) is 10.7. The number of fused-ring (bicyclic) bond motifs is 1. The van der Waals surface area contributed by atoms with E-state index in [1.165, 1.54) is 27.5 Å². The zero-order valence-electron chi connectivity index (χ0n) is 9.94. The van der Waals surface area contributed by atoms with E-state index >= 15 is 0 Å². The Morgan fingerprint density at radius 2 is 1.44 bits per heavy atom. The fraction of sp³-hybridized carbons (Fsp3) is 0.0588. The standard InChI is InChI=1S/C17H13Cl/c18-12-16-7-3-4-8-17(16)15-10-9-13-5-1-2-6-14(13)11-15/h1-11H,12H2. The van der Waals surface area contributed by atoms with Gasteiger partial charge in [0.15, 0.2) is 0 Å². The summed E-state index contributed by atoms with van der Waals surface area (Å²) >= 11 is 6.00. The van der Waals surface area contributed by atoms with E-state index in [-0.39, 0.29) is 0 Å². The van der Waals surface area contributed by atoms with Crippen molar-refractivity contribution in [3.05, 3.63) is 72.3 Å². The summed E-state index contributed by atoms with van der Waals surface area (Å²) in [6, 6.07) is 23.2. The van der Waals surface area contributed by atoms with Crippen LogP contribution in [0.1, 0.15) is 5.56 Å². The van der Waals surface area contributed by atoms with Gasteiger partial charge in [-0.05, 0) is 33.5 Å². The first-order valence-corrected chi connectivity index (χ1v) is 6.55. The van der Waals surface area contributed by atoms with Crippen LogP contribution in [0.25, 0.3) is 21.9 Å². The molecular weight excluding hydrogens is 240 g/mol. The SMILES string of the molecule is ClCc1ccccc1-c1ccc2ccccc2c1.